The van der Waals surface area contributed by atoms with E-state index in [1.54, 1.807) is 25.1 Å². The summed E-state index contributed by atoms with van der Waals surface area (Å²) >= 11 is 5.88. The van der Waals surface area contributed by atoms with Crippen LogP contribution in [0.2, 0.25) is 5.02 Å². The van der Waals surface area contributed by atoms with Gasteiger partial charge in [-0.15, -0.1) is 10.2 Å². The van der Waals surface area contributed by atoms with Crippen LogP contribution >= 0.6 is 11.6 Å². The fraction of sp³-hybridized carbons (Fsp3) is 0.273. The van der Waals surface area contributed by atoms with E-state index in [-0.39, 0.29) is 11.9 Å². The highest BCUT2D eigenvalue weighted by atomic mass is 35.5. The smallest absolute Gasteiger partial charge is 0.252 e. The molecular formula is C11H12ClN5O. The highest BCUT2D eigenvalue weighted by Gasteiger charge is 2.16. The van der Waals surface area contributed by atoms with Gasteiger partial charge < -0.3 is 5.32 Å². The molecule has 94 valence electrons. The lowest BCUT2D eigenvalue weighted by Crippen LogP contribution is -2.28. The van der Waals surface area contributed by atoms with Crippen molar-refractivity contribution in [1.82, 2.24) is 25.9 Å². The fourth-order valence-corrected chi connectivity index (χ4v) is 1.70. The maximum absolute atomic E-state index is 12.1. The molecule has 0 aliphatic rings. The first kappa shape index (κ1) is 12.5. The van der Waals surface area contributed by atoms with Crippen LogP contribution in [0.5, 0.6) is 0 Å². The number of aryl methyl sites for hydroxylation is 1. The average Bonchev–Trinajstić information content (AvgIpc) is 2.85. The summed E-state index contributed by atoms with van der Waals surface area (Å²) < 4.78 is 0. The van der Waals surface area contributed by atoms with Gasteiger partial charge in [0.25, 0.3) is 5.91 Å². The zero-order valence-electron chi connectivity index (χ0n) is 9.94. The van der Waals surface area contributed by atoms with E-state index in [9.17, 15) is 4.79 Å². The Morgan fingerprint density at radius 2 is 2.28 bits per heavy atom. The van der Waals surface area contributed by atoms with E-state index in [4.69, 9.17) is 11.6 Å². The van der Waals surface area contributed by atoms with Crippen LogP contribution in [0.4, 0.5) is 0 Å². The number of halogens is 1. The number of aromatic amines is 1. The molecule has 6 nitrogen and oxygen atoms in total. The molecule has 1 amide bonds. The Kier molecular flexibility index (Phi) is 3.57. The van der Waals surface area contributed by atoms with Crippen LogP contribution in [0.3, 0.4) is 0 Å². The zero-order valence-corrected chi connectivity index (χ0v) is 10.7. The number of amides is 1. The molecule has 0 saturated carbocycles. The third-order valence-corrected chi connectivity index (χ3v) is 2.78. The van der Waals surface area contributed by atoms with Crippen molar-refractivity contribution in [3.63, 3.8) is 0 Å². The molecule has 0 spiro atoms. The molecule has 7 heteroatoms. The van der Waals surface area contributed by atoms with Gasteiger partial charge in [-0.25, -0.2) is 0 Å². The quantitative estimate of drug-likeness (QED) is 0.884. The van der Waals surface area contributed by atoms with Crippen molar-refractivity contribution in [2.24, 2.45) is 0 Å². The monoisotopic (exact) mass is 265 g/mol. The van der Waals surface area contributed by atoms with Gasteiger partial charge in [0.05, 0.1) is 6.04 Å². The number of hydrogen-bond donors (Lipinski definition) is 2. The number of nitrogens with one attached hydrogen (secondary N) is 2. The molecule has 18 heavy (non-hydrogen) atoms. The van der Waals surface area contributed by atoms with Gasteiger partial charge in [-0.05, 0) is 31.5 Å². The van der Waals surface area contributed by atoms with Crippen LogP contribution in [0.25, 0.3) is 0 Å². The summed E-state index contributed by atoms with van der Waals surface area (Å²) in [6, 6.07) is 4.86. The summed E-state index contributed by atoms with van der Waals surface area (Å²) in [5.41, 5.74) is 1.40. The van der Waals surface area contributed by atoms with Crippen molar-refractivity contribution in [1.29, 1.82) is 0 Å². The van der Waals surface area contributed by atoms with Gasteiger partial charge in [0, 0.05) is 10.6 Å². The zero-order chi connectivity index (χ0) is 13.1. The molecular weight excluding hydrogens is 254 g/mol. The van der Waals surface area contributed by atoms with Gasteiger partial charge >= 0.3 is 0 Å². The van der Waals surface area contributed by atoms with E-state index >= 15 is 0 Å². The van der Waals surface area contributed by atoms with Gasteiger partial charge in [0.15, 0.2) is 5.82 Å². The molecule has 0 bridgehead atoms. The van der Waals surface area contributed by atoms with E-state index in [0.29, 0.717) is 16.4 Å². The Bertz CT molecular complexity index is 555. The predicted molar refractivity (Wildman–Crippen MR) is 66.2 cm³/mol. The standard InChI is InChI=1S/C11H12ClN5O/c1-6-3-4-8(12)5-9(6)11(18)13-7(2)10-14-16-17-15-10/h3-5,7H,1-2H3,(H,13,18)(H,14,15,16,17). The number of benzene rings is 1. The van der Waals surface area contributed by atoms with E-state index in [2.05, 4.69) is 25.9 Å². The van der Waals surface area contributed by atoms with Crippen molar-refractivity contribution in [2.45, 2.75) is 19.9 Å². The van der Waals surface area contributed by atoms with Crippen LogP contribution in [-0.2, 0) is 0 Å². The third kappa shape index (κ3) is 2.65. The first-order valence-corrected chi connectivity index (χ1v) is 5.76. The highest BCUT2D eigenvalue weighted by Crippen LogP contribution is 2.16. The topological polar surface area (TPSA) is 83.6 Å². The number of aromatic nitrogens is 4. The molecule has 2 N–H and O–H groups in total. The van der Waals surface area contributed by atoms with Gasteiger partial charge in [-0.2, -0.15) is 5.21 Å². The number of tetrazole rings is 1. The number of nitrogens with zero attached hydrogens (tertiary/aromatic N) is 3. The SMILES string of the molecule is Cc1ccc(Cl)cc1C(=O)NC(C)c1nn[nH]n1. The molecule has 1 unspecified atom stereocenters. The summed E-state index contributed by atoms with van der Waals surface area (Å²) in [6.07, 6.45) is 0. The Hall–Kier alpha value is -1.95. The largest absolute Gasteiger partial charge is 0.342 e. The first-order chi connectivity index (χ1) is 8.58. The molecule has 0 radical (unpaired) electrons. The minimum Gasteiger partial charge on any atom is -0.342 e. The van der Waals surface area contributed by atoms with Gasteiger partial charge in [0.2, 0.25) is 0 Å². The number of H-pyrrole nitrogens is 1. The maximum atomic E-state index is 12.1. The third-order valence-electron chi connectivity index (χ3n) is 2.54. The summed E-state index contributed by atoms with van der Waals surface area (Å²) in [6.45, 7) is 3.63. The van der Waals surface area contributed by atoms with Crippen LogP contribution in [0.15, 0.2) is 18.2 Å². The second-order valence-electron chi connectivity index (χ2n) is 3.92. The normalized spacial score (nSPS) is 12.2. The summed E-state index contributed by atoms with van der Waals surface area (Å²) in [4.78, 5) is 12.1. The molecule has 0 fully saturated rings. The Labute approximate surface area is 109 Å². The van der Waals surface area contributed by atoms with Crippen LogP contribution in [0, 0.1) is 6.92 Å². The van der Waals surface area contributed by atoms with Crippen LogP contribution in [-0.4, -0.2) is 26.5 Å². The van der Waals surface area contributed by atoms with E-state index < -0.39 is 0 Å². The van der Waals surface area contributed by atoms with E-state index in [0.717, 1.165) is 5.56 Å². The van der Waals surface area contributed by atoms with Crippen LogP contribution in [0.1, 0.15) is 34.7 Å². The second kappa shape index (κ2) is 5.14. The Morgan fingerprint density at radius 3 is 2.94 bits per heavy atom. The van der Waals surface area contributed by atoms with Gasteiger partial charge in [0.1, 0.15) is 0 Å². The van der Waals surface area contributed by atoms with Crippen LogP contribution < -0.4 is 5.32 Å². The molecule has 1 heterocycles. The first-order valence-electron chi connectivity index (χ1n) is 5.38. The molecule has 2 aromatic rings. The Morgan fingerprint density at radius 1 is 1.50 bits per heavy atom. The Balaban J connectivity index is 2.15. The summed E-state index contributed by atoms with van der Waals surface area (Å²) in [5.74, 6) is 0.218. The lowest BCUT2D eigenvalue weighted by Gasteiger charge is -2.11. The average molecular weight is 266 g/mol. The number of carbonyl (C=O) groups is 1. The maximum Gasteiger partial charge on any atom is 0.252 e. The second-order valence-corrected chi connectivity index (χ2v) is 4.36. The van der Waals surface area contributed by atoms with Gasteiger partial charge in [-0.3, -0.25) is 4.79 Å². The summed E-state index contributed by atoms with van der Waals surface area (Å²) in [7, 11) is 0. The predicted octanol–water partition coefficient (Wildman–Crippen LogP) is 1.65. The van der Waals surface area contributed by atoms with Crippen molar-refractivity contribution in [2.75, 3.05) is 0 Å². The molecule has 2 rings (SSSR count). The molecule has 1 aromatic heterocycles. The summed E-state index contributed by atoms with van der Waals surface area (Å²) in [5, 5.41) is 16.7. The lowest BCUT2D eigenvalue weighted by molar-refractivity contribution is 0.0937. The fourth-order valence-electron chi connectivity index (χ4n) is 1.53. The molecule has 0 aliphatic carbocycles. The van der Waals surface area contributed by atoms with E-state index in [1.165, 1.54) is 0 Å². The minimum atomic E-state index is -0.324. The molecule has 0 aliphatic heterocycles. The van der Waals surface area contributed by atoms with Crippen molar-refractivity contribution in [3.8, 4) is 0 Å². The minimum absolute atomic E-state index is 0.215. The van der Waals surface area contributed by atoms with Gasteiger partial charge in [-0.1, -0.05) is 22.9 Å². The molecule has 0 saturated heterocycles. The number of carbonyl (C=O) groups excluding carboxylic acids is 1. The molecule has 1 atom stereocenters. The van der Waals surface area contributed by atoms with Crippen molar-refractivity contribution >= 4 is 17.5 Å². The lowest BCUT2D eigenvalue weighted by atomic mass is 10.1. The highest BCUT2D eigenvalue weighted by molar-refractivity contribution is 6.31. The number of rotatable bonds is 3. The van der Waals surface area contributed by atoms with Crippen molar-refractivity contribution in [3.05, 3.63) is 40.2 Å². The molecule has 1 aromatic carbocycles. The van der Waals surface area contributed by atoms with Crippen molar-refractivity contribution < 1.29 is 4.79 Å². The number of hydrogen-bond acceptors (Lipinski definition) is 4. The van der Waals surface area contributed by atoms with E-state index in [1.807, 2.05) is 6.92 Å².